The number of hydrogen-bond acceptors (Lipinski definition) is 6. The summed E-state index contributed by atoms with van der Waals surface area (Å²) >= 11 is 5.86. The van der Waals surface area contributed by atoms with E-state index in [0.717, 1.165) is 11.1 Å². The molecule has 24 heavy (non-hydrogen) atoms. The summed E-state index contributed by atoms with van der Waals surface area (Å²) in [5.41, 5.74) is -0.337. The zero-order valence-electron chi connectivity index (χ0n) is 14.0. The lowest BCUT2D eigenvalue weighted by atomic mass is 9.79. The smallest absolute Gasteiger partial charge is 0.340 e. The summed E-state index contributed by atoms with van der Waals surface area (Å²) in [4.78, 5) is 23.7. The average molecular weight is 359 g/mol. The Bertz CT molecular complexity index is 584. The van der Waals surface area contributed by atoms with Crippen molar-refractivity contribution in [3.8, 4) is 0 Å². The number of aliphatic hydroxyl groups excluding tert-OH is 1. The molecule has 1 saturated heterocycles. The first-order chi connectivity index (χ1) is 11.2. The Morgan fingerprint density at radius 1 is 1.38 bits per heavy atom. The lowest BCUT2D eigenvalue weighted by molar-refractivity contribution is -0.159. The Labute approximate surface area is 146 Å². The Hall–Kier alpha value is -1.37. The summed E-state index contributed by atoms with van der Waals surface area (Å²) in [6, 6.07) is 0. The number of halogens is 1. The minimum atomic E-state index is -1.93. The van der Waals surface area contributed by atoms with Crippen LogP contribution in [0.15, 0.2) is 23.3 Å². The molecule has 0 aromatic carbocycles. The van der Waals surface area contributed by atoms with Crippen molar-refractivity contribution in [3.63, 3.8) is 0 Å². The molecule has 0 aromatic heterocycles. The fourth-order valence-corrected chi connectivity index (χ4v) is 3.70. The second kappa shape index (κ2) is 7.25. The van der Waals surface area contributed by atoms with Crippen molar-refractivity contribution in [2.24, 2.45) is 5.92 Å². The van der Waals surface area contributed by atoms with Crippen molar-refractivity contribution in [1.29, 1.82) is 0 Å². The van der Waals surface area contributed by atoms with Crippen LogP contribution in [0.1, 0.15) is 33.6 Å². The Balaban J connectivity index is 2.51. The molecule has 0 radical (unpaired) electrons. The van der Waals surface area contributed by atoms with Gasteiger partial charge in [-0.3, -0.25) is 4.79 Å². The van der Waals surface area contributed by atoms with Gasteiger partial charge in [0.05, 0.1) is 17.9 Å². The maximum absolute atomic E-state index is 12.2. The van der Waals surface area contributed by atoms with Gasteiger partial charge >= 0.3 is 11.9 Å². The summed E-state index contributed by atoms with van der Waals surface area (Å²) in [5.74, 6) is -2.53. The van der Waals surface area contributed by atoms with E-state index in [4.69, 9.17) is 21.1 Å². The Morgan fingerprint density at radius 2 is 2.00 bits per heavy atom. The molecule has 0 spiro atoms. The second-order valence-electron chi connectivity index (χ2n) is 6.60. The van der Waals surface area contributed by atoms with E-state index in [-0.39, 0.29) is 12.3 Å². The van der Waals surface area contributed by atoms with Gasteiger partial charge in [-0.15, -0.1) is 11.6 Å². The van der Waals surface area contributed by atoms with E-state index in [1.165, 1.54) is 6.92 Å². The van der Waals surface area contributed by atoms with E-state index in [1.807, 2.05) is 0 Å². The summed E-state index contributed by atoms with van der Waals surface area (Å²) in [7, 11) is 0. The van der Waals surface area contributed by atoms with Crippen LogP contribution in [-0.4, -0.2) is 51.9 Å². The molecule has 1 fully saturated rings. The highest BCUT2D eigenvalue weighted by atomic mass is 35.5. The lowest BCUT2D eigenvalue weighted by Gasteiger charge is -2.33. The van der Waals surface area contributed by atoms with Crippen LogP contribution in [0.25, 0.3) is 0 Å². The van der Waals surface area contributed by atoms with Crippen LogP contribution in [0.2, 0.25) is 0 Å². The van der Waals surface area contributed by atoms with Crippen LogP contribution in [0.5, 0.6) is 0 Å². The van der Waals surface area contributed by atoms with Crippen LogP contribution in [0.4, 0.5) is 0 Å². The van der Waals surface area contributed by atoms with Gasteiger partial charge in [0.15, 0.2) is 5.60 Å². The molecule has 2 rings (SSSR count). The summed E-state index contributed by atoms with van der Waals surface area (Å²) in [6.45, 7) is 4.87. The number of aliphatic hydroxyl groups is 2. The van der Waals surface area contributed by atoms with E-state index in [1.54, 1.807) is 26.0 Å². The van der Waals surface area contributed by atoms with Crippen LogP contribution in [0.3, 0.4) is 0 Å². The predicted molar refractivity (Wildman–Crippen MR) is 87.3 cm³/mol. The van der Waals surface area contributed by atoms with Gasteiger partial charge in [-0.2, -0.15) is 0 Å². The normalized spacial score (nSPS) is 41.3. The fourth-order valence-electron chi connectivity index (χ4n) is 3.41. The zero-order chi connectivity index (χ0) is 18.1. The minimum Gasteiger partial charge on any atom is -0.462 e. The largest absolute Gasteiger partial charge is 0.462 e. The molecular formula is C17H23ClO6. The number of carbonyl (C=O) groups excluding carboxylic acids is 2. The molecule has 1 heterocycles. The quantitative estimate of drug-likeness (QED) is 0.441. The van der Waals surface area contributed by atoms with Crippen molar-refractivity contribution >= 4 is 23.5 Å². The number of ether oxygens (including phenoxy) is 2. The molecule has 1 aliphatic carbocycles. The minimum absolute atomic E-state index is 0.264. The van der Waals surface area contributed by atoms with Gasteiger partial charge in [-0.25, -0.2) is 4.79 Å². The first-order valence-electron chi connectivity index (χ1n) is 7.86. The molecule has 0 unspecified atom stereocenters. The van der Waals surface area contributed by atoms with Gasteiger partial charge in [0.25, 0.3) is 0 Å². The van der Waals surface area contributed by atoms with E-state index < -0.39 is 41.8 Å². The molecule has 1 aliphatic heterocycles. The molecule has 5 atom stereocenters. The second-order valence-corrected chi connectivity index (χ2v) is 6.87. The van der Waals surface area contributed by atoms with Crippen LogP contribution >= 0.6 is 11.6 Å². The average Bonchev–Trinajstić information content (AvgIpc) is 2.68. The topological polar surface area (TPSA) is 93.1 Å². The van der Waals surface area contributed by atoms with Crippen molar-refractivity contribution in [2.45, 2.75) is 57.5 Å². The fraction of sp³-hybridized carbons (Fsp3) is 0.647. The highest BCUT2D eigenvalue weighted by Crippen LogP contribution is 2.40. The molecule has 2 aliphatic rings. The zero-order valence-corrected chi connectivity index (χ0v) is 14.7. The number of carbonyl (C=O) groups is 2. The molecular weight excluding hydrogens is 336 g/mol. The highest BCUT2D eigenvalue weighted by molar-refractivity contribution is 6.20. The third-order valence-corrected chi connectivity index (χ3v) is 4.81. The van der Waals surface area contributed by atoms with Gasteiger partial charge in [-0.05, 0) is 26.3 Å². The maximum atomic E-state index is 12.2. The van der Waals surface area contributed by atoms with Crippen LogP contribution < -0.4 is 0 Å². The Morgan fingerprint density at radius 3 is 2.58 bits per heavy atom. The van der Waals surface area contributed by atoms with E-state index in [9.17, 15) is 19.8 Å². The molecule has 2 N–H and O–H groups in total. The lowest BCUT2D eigenvalue weighted by Crippen LogP contribution is -2.50. The monoisotopic (exact) mass is 358 g/mol. The molecule has 7 heteroatoms. The number of hydrogen-bond donors (Lipinski definition) is 2. The standard InChI is InChI=1S/C17H23ClO6/c1-9-4-12(20)5-10(2)7-14-15(13(6-9)23-11(3)19)17(22,8-18)16(21)24-14/h4,7,12-15,20,22H,5-6,8H2,1-3H3/b9-4-,10-7+/t12-,13-,14+,15-,17+/m1/s1. The number of rotatable bonds is 2. The van der Waals surface area contributed by atoms with Crippen molar-refractivity contribution in [2.75, 3.05) is 5.88 Å². The van der Waals surface area contributed by atoms with Crippen molar-refractivity contribution in [3.05, 3.63) is 23.3 Å². The van der Waals surface area contributed by atoms with Gasteiger partial charge in [0, 0.05) is 13.3 Å². The molecule has 134 valence electrons. The molecule has 0 bridgehead atoms. The molecule has 0 aromatic rings. The van der Waals surface area contributed by atoms with Gasteiger partial charge in [0.1, 0.15) is 12.2 Å². The first kappa shape index (κ1) is 19.0. The van der Waals surface area contributed by atoms with Crippen LogP contribution in [0, 0.1) is 5.92 Å². The third kappa shape index (κ3) is 3.82. The number of fused-ring (bicyclic) bond motifs is 1. The maximum Gasteiger partial charge on any atom is 0.340 e. The summed E-state index contributed by atoms with van der Waals surface area (Å²) in [6.07, 6.45) is 1.76. The summed E-state index contributed by atoms with van der Waals surface area (Å²) in [5, 5.41) is 20.8. The van der Waals surface area contributed by atoms with Crippen molar-refractivity contribution < 1.29 is 29.3 Å². The van der Waals surface area contributed by atoms with Gasteiger partial charge in [0.2, 0.25) is 0 Å². The highest BCUT2D eigenvalue weighted by Gasteiger charge is 2.59. The molecule has 0 saturated carbocycles. The van der Waals surface area contributed by atoms with Crippen LogP contribution in [-0.2, 0) is 19.1 Å². The predicted octanol–water partition coefficient (Wildman–Crippen LogP) is 1.48. The number of alkyl halides is 1. The third-order valence-electron chi connectivity index (χ3n) is 4.40. The SMILES string of the molecule is CC(=O)O[C@@H]1C/C(C)=C\[C@@H](O)C/C(C)=C/[C@@H]2OC(=O)[C@](O)(CCl)[C@@H]21. The van der Waals surface area contributed by atoms with Gasteiger partial charge < -0.3 is 19.7 Å². The first-order valence-corrected chi connectivity index (χ1v) is 8.40. The van der Waals surface area contributed by atoms with E-state index in [0.29, 0.717) is 6.42 Å². The van der Waals surface area contributed by atoms with E-state index in [2.05, 4.69) is 0 Å². The molecule has 0 amide bonds. The number of esters is 2. The Kier molecular flexibility index (Phi) is 5.73. The van der Waals surface area contributed by atoms with Crippen molar-refractivity contribution in [1.82, 2.24) is 0 Å². The summed E-state index contributed by atoms with van der Waals surface area (Å²) < 4.78 is 10.7. The molecule has 6 nitrogen and oxygen atoms in total. The van der Waals surface area contributed by atoms with Gasteiger partial charge in [-0.1, -0.05) is 17.2 Å². The van der Waals surface area contributed by atoms with E-state index >= 15 is 0 Å².